The number of carbonyl (C=O) groups is 1. The molecule has 2 heterocycles. The fourth-order valence-corrected chi connectivity index (χ4v) is 4.61. The molecule has 1 saturated carbocycles. The molecule has 5 nitrogen and oxygen atoms in total. The number of aromatic nitrogens is 2. The van der Waals surface area contributed by atoms with Crippen LogP contribution in [0.1, 0.15) is 30.4 Å². The topological polar surface area (TPSA) is 66.9 Å². The molecule has 2 N–H and O–H groups in total. The van der Waals surface area contributed by atoms with Gasteiger partial charge in [-0.15, -0.1) is 10.2 Å². The summed E-state index contributed by atoms with van der Waals surface area (Å²) in [5.74, 6) is 0.258. The Hall–Kier alpha value is -1.79. The zero-order valence-electron chi connectivity index (χ0n) is 14.1. The lowest BCUT2D eigenvalue weighted by atomic mass is 9.92. The van der Waals surface area contributed by atoms with Crippen molar-refractivity contribution in [2.75, 3.05) is 18.4 Å². The van der Waals surface area contributed by atoms with E-state index < -0.39 is 0 Å². The van der Waals surface area contributed by atoms with Crippen molar-refractivity contribution in [1.29, 1.82) is 0 Å². The van der Waals surface area contributed by atoms with Gasteiger partial charge in [-0.25, -0.2) is 0 Å². The van der Waals surface area contributed by atoms with Crippen molar-refractivity contribution < 1.29 is 4.79 Å². The van der Waals surface area contributed by atoms with Gasteiger partial charge >= 0.3 is 0 Å². The summed E-state index contributed by atoms with van der Waals surface area (Å²) in [6.45, 7) is 6.20. The first-order valence-corrected chi connectivity index (χ1v) is 9.31. The molecule has 1 amide bonds. The summed E-state index contributed by atoms with van der Waals surface area (Å²) in [7, 11) is 0. The van der Waals surface area contributed by atoms with E-state index in [2.05, 4.69) is 52.9 Å². The van der Waals surface area contributed by atoms with Crippen molar-refractivity contribution in [3.63, 3.8) is 0 Å². The Morgan fingerprint density at radius 3 is 2.62 bits per heavy atom. The summed E-state index contributed by atoms with van der Waals surface area (Å²) < 4.78 is 0. The molecule has 126 valence electrons. The number of anilines is 1. The van der Waals surface area contributed by atoms with E-state index in [0.29, 0.717) is 5.13 Å². The van der Waals surface area contributed by atoms with Crippen molar-refractivity contribution in [1.82, 2.24) is 15.5 Å². The average molecular weight is 342 g/mol. The minimum atomic E-state index is 0.111. The van der Waals surface area contributed by atoms with Crippen molar-refractivity contribution in [3.8, 4) is 10.6 Å². The Morgan fingerprint density at radius 1 is 1.21 bits per heavy atom. The van der Waals surface area contributed by atoms with Gasteiger partial charge in [0.1, 0.15) is 5.01 Å². The number of aryl methyl sites for hydroxylation is 2. The minimum Gasteiger partial charge on any atom is -0.317 e. The fraction of sp³-hybridized carbons (Fsp3) is 0.500. The highest BCUT2D eigenvalue weighted by Gasteiger charge is 2.57. The number of carbonyl (C=O) groups excluding carboxylic acids is 1. The van der Waals surface area contributed by atoms with Gasteiger partial charge in [0.05, 0.1) is 0 Å². The Labute approximate surface area is 145 Å². The third-order valence-electron chi connectivity index (χ3n) is 5.23. The highest BCUT2D eigenvalue weighted by Crippen LogP contribution is 2.58. The van der Waals surface area contributed by atoms with E-state index >= 15 is 0 Å². The van der Waals surface area contributed by atoms with Gasteiger partial charge in [-0.1, -0.05) is 28.5 Å². The van der Waals surface area contributed by atoms with E-state index in [1.54, 1.807) is 0 Å². The molecule has 2 aliphatic rings. The maximum atomic E-state index is 12.5. The molecule has 1 atom stereocenters. The van der Waals surface area contributed by atoms with Crippen LogP contribution in [0.3, 0.4) is 0 Å². The maximum Gasteiger partial charge on any atom is 0.229 e. The normalized spacial score (nSPS) is 21.7. The lowest BCUT2D eigenvalue weighted by Crippen LogP contribution is -2.31. The smallest absolute Gasteiger partial charge is 0.229 e. The van der Waals surface area contributed by atoms with E-state index in [1.165, 1.54) is 22.5 Å². The van der Waals surface area contributed by atoms with E-state index in [4.69, 9.17) is 0 Å². The minimum absolute atomic E-state index is 0.111. The summed E-state index contributed by atoms with van der Waals surface area (Å²) in [5, 5.41) is 16.2. The van der Waals surface area contributed by atoms with Crippen molar-refractivity contribution in [2.45, 2.75) is 33.1 Å². The highest BCUT2D eigenvalue weighted by atomic mass is 32.1. The van der Waals surface area contributed by atoms with Crippen LogP contribution in [-0.2, 0) is 4.79 Å². The highest BCUT2D eigenvalue weighted by molar-refractivity contribution is 7.18. The molecule has 1 aromatic carbocycles. The number of hydrogen-bond acceptors (Lipinski definition) is 5. The van der Waals surface area contributed by atoms with Crippen LogP contribution in [-0.4, -0.2) is 29.2 Å². The molecule has 2 fully saturated rings. The van der Waals surface area contributed by atoms with Crippen molar-refractivity contribution >= 4 is 22.4 Å². The number of piperidine rings is 1. The predicted octanol–water partition coefficient (Wildman–Crippen LogP) is 3.15. The first-order chi connectivity index (χ1) is 11.6. The Kier molecular flexibility index (Phi) is 3.89. The van der Waals surface area contributed by atoms with Crippen molar-refractivity contribution in [3.05, 3.63) is 29.3 Å². The molecule has 24 heavy (non-hydrogen) atoms. The first kappa shape index (κ1) is 15.7. The van der Waals surface area contributed by atoms with Crippen LogP contribution >= 0.6 is 11.3 Å². The lowest BCUT2D eigenvalue weighted by molar-refractivity contribution is -0.118. The van der Waals surface area contributed by atoms with Crippen LogP contribution in [0, 0.1) is 25.2 Å². The van der Waals surface area contributed by atoms with Crippen LogP contribution in [0.15, 0.2) is 18.2 Å². The Morgan fingerprint density at radius 2 is 1.92 bits per heavy atom. The van der Waals surface area contributed by atoms with E-state index in [-0.39, 0.29) is 17.2 Å². The lowest BCUT2D eigenvalue weighted by Gasteiger charge is -2.22. The molecule has 1 aliphatic heterocycles. The molecule has 1 spiro atoms. The molecule has 0 radical (unpaired) electrons. The first-order valence-electron chi connectivity index (χ1n) is 8.50. The number of nitrogens with one attached hydrogen (secondary N) is 2. The van der Waals surface area contributed by atoms with Crippen LogP contribution in [0.25, 0.3) is 10.6 Å². The largest absolute Gasteiger partial charge is 0.317 e. The van der Waals surface area contributed by atoms with Gasteiger partial charge in [0.15, 0.2) is 0 Å². The average Bonchev–Trinajstić information content (AvgIpc) is 3.03. The standard InChI is InChI=1S/C18H22N4OS/c1-11-7-12(2)9-13(8-11)16-21-22-17(24-16)20-15(23)14-10-18(14)3-5-19-6-4-18/h7-9,14,19H,3-6,10H2,1-2H3,(H,20,22,23). The van der Waals surface area contributed by atoms with E-state index in [9.17, 15) is 4.79 Å². The van der Waals surface area contributed by atoms with E-state index in [1.807, 2.05) is 0 Å². The summed E-state index contributed by atoms with van der Waals surface area (Å²) in [6, 6.07) is 6.34. The van der Waals surface area contributed by atoms with E-state index in [0.717, 1.165) is 42.9 Å². The van der Waals surface area contributed by atoms with Gasteiger partial charge in [-0.3, -0.25) is 4.79 Å². The monoisotopic (exact) mass is 342 g/mol. The quantitative estimate of drug-likeness (QED) is 0.899. The van der Waals surface area contributed by atoms with Crippen LogP contribution in [0.5, 0.6) is 0 Å². The van der Waals surface area contributed by atoms with Gasteiger partial charge < -0.3 is 10.6 Å². The molecule has 1 aliphatic carbocycles. The second-order valence-electron chi connectivity index (χ2n) is 7.15. The molecule has 6 heteroatoms. The van der Waals surface area contributed by atoms with Gasteiger partial charge in [-0.05, 0) is 63.7 Å². The van der Waals surface area contributed by atoms with Gasteiger partial charge in [0.2, 0.25) is 11.0 Å². The SMILES string of the molecule is Cc1cc(C)cc(-c2nnc(NC(=O)C3CC34CCNCC4)s2)c1. The van der Waals surface area contributed by atoms with Crippen molar-refractivity contribution in [2.24, 2.45) is 11.3 Å². The molecule has 4 rings (SSSR count). The molecular weight excluding hydrogens is 320 g/mol. The Bertz CT molecular complexity index is 759. The van der Waals surface area contributed by atoms with Gasteiger partial charge in [-0.2, -0.15) is 0 Å². The van der Waals surface area contributed by atoms with Gasteiger partial charge in [0.25, 0.3) is 0 Å². The summed E-state index contributed by atoms with van der Waals surface area (Å²) in [5.41, 5.74) is 3.72. The fourth-order valence-electron chi connectivity index (χ4n) is 3.88. The summed E-state index contributed by atoms with van der Waals surface area (Å²) in [6.07, 6.45) is 3.23. The molecule has 1 unspecified atom stereocenters. The zero-order chi connectivity index (χ0) is 16.7. The summed E-state index contributed by atoms with van der Waals surface area (Å²) in [4.78, 5) is 12.5. The number of rotatable bonds is 3. The number of amides is 1. The Balaban J connectivity index is 1.45. The third kappa shape index (κ3) is 2.96. The third-order valence-corrected chi connectivity index (χ3v) is 6.12. The maximum absolute atomic E-state index is 12.5. The molecule has 1 saturated heterocycles. The predicted molar refractivity (Wildman–Crippen MR) is 96.1 cm³/mol. The van der Waals surface area contributed by atoms with Crippen LogP contribution in [0.2, 0.25) is 0 Å². The summed E-state index contributed by atoms with van der Waals surface area (Å²) >= 11 is 1.45. The molecular formula is C18H22N4OS. The number of nitrogens with zero attached hydrogens (tertiary/aromatic N) is 2. The number of benzene rings is 1. The second kappa shape index (κ2) is 5.93. The molecule has 2 aromatic rings. The van der Waals surface area contributed by atoms with Gasteiger partial charge in [0, 0.05) is 11.5 Å². The molecule has 0 bridgehead atoms. The van der Waals surface area contributed by atoms with Crippen LogP contribution in [0.4, 0.5) is 5.13 Å². The second-order valence-corrected chi connectivity index (χ2v) is 8.12. The molecule has 1 aromatic heterocycles. The zero-order valence-corrected chi connectivity index (χ0v) is 14.9. The van der Waals surface area contributed by atoms with Crippen LogP contribution < -0.4 is 10.6 Å². The number of hydrogen-bond donors (Lipinski definition) is 2.